The van der Waals surface area contributed by atoms with Crippen molar-refractivity contribution in [2.24, 2.45) is 0 Å². The summed E-state index contributed by atoms with van der Waals surface area (Å²) in [5.74, 6) is 0. The first kappa shape index (κ1) is 24.6. The van der Waals surface area contributed by atoms with Crippen molar-refractivity contribution in [1.29, 1.82) is 0 Å². The SMILES string of the molecule is [CH2-]CCCCCCCC.[CH2-]CCCCCCCC.[Ru+2]. The van der Waals surface area contributed by atoms with Gasteiger partial charge >= 0.3 is 19.5 Å². The first-order chi connectivity index (χ1) is 8.83. The molecule has 0 bridgehead atoms. The molecule has 19 heavy (non-hydrogen) atoms. The second kappa shape index (κ2) is 27.0. The van der Waals surface area contributed by atoms with Gasteiger partial charge in [-0.1, -0.05) is 90.9 Å². The van der Waals surface area contributed by atoms with Crippen molar-refractivity contribution in [3.05, 3.63) is 13.8 Å². The second-order valence-electron chi connectivity index (χ2n) is 5.24. The first-order valence-electron chi connectivity index (χ1n) is 8.41. The molecule has 0 N–H and O–H groups in total. The summed E-state index contributed by atoms with van der Waals surface area (Å²) in [6.45, 7) is 12.1. The van der Waals surface area contributed by atoms with Gasteiger partial charge in [-0.2, -0.15) is 12.8 Å². The van der Waals surface area contributed by atoms with Crippen LogP contribution in [0.15, 0.2) is 0 Å². The largest absolute Gasteiger partial charge is 2.00 e. The summed E-state index contributed by atoms with van der Waals surface area (Å²) in [5, 5.41) is 0. The summed E-state index contributed by atoms with van der Waals surface area (Å²) >= 11 is 0. The molecule has 0 spiro atoms. The molecule has 0 nitrogen and oxygen atoms in total. The van der Waals surface area contributed by atoms with Crippen molar-refractivity contribution in [2.75, 3.05) is 0 Å². The summed E-state index contributed by atoms with van der Waals surface area (Å²) in [6.07, 6.45) is 18.9. The number of rotatable bonds is 12. The van der Waals surface area contributed by atoms with Crippen LogP contribution in [-0.4, -0.2) is 0 Å². The molecule has 0 heterocycles. The molecular weight excluding hydrogens is 317 g/mol. The summed E-state index contributed by atoms with van der Waals surface area (Å²) in [7, 11) is 0. The minimum atomic E-state index is 0. The van der Waals surface area contributed by atoms with Crippen LogP contribution in [-0.2, 0) is 19.5 Å². The Bertz CT molecular complexity index is 86.3. The van der Waals surface area contributed by atoms with Gasteiger partial charge < -0.3 is 13.8 Å². The maximum absolute atomic E-state index is 3.80. The van der Waals surface area contributed by atoms with E-state index in [1.165, 1.54) is 77.0 Å². The Kier molecular flexibility index (Phi) is 35.1. The third-order valence-corrected chi connectivity index (χ3v) is 3.21. The predicted octanol–water partition coefficient (Wildman–Crippen LogP) is 7.14. The zero-order valence-corrected chi connectivity index (χ0v) is 15.4. The number of hydrogen-bond donors (Lipinski definition) is 0. The normalized spacial score (nSPS) is 9.47. The molecule has 0 saturated heterocycles. The maximum Gasteiger partial charge on any atom is 2.00 e. The van der Waals surface area contributed by atoms with E-state index in [4.69, 9.17) is 0 Å². The molecule has 0 atom stereocenters. The van der Waals surface area contributed by atoms with Crippen molar-refractivity contribution >= 4 is 0 Å². The Labute approximate surface area is 137 Å². The van der Waals surface area contributed by atoms with Gasteiger partial charge in [0.05, 0.1) is 0 Å². The minimum Gasteiger partial charge on any atom is -0.343 e. The fourth-order valence-electron chi connectivity index (χ4n) is 1.91. The Morgan fingerprint density at radius 1 is 0.474 bits per heavy atom. The van der Waals surface area contributed by atoms with Crippen LogP contribution in [0.4, 0.5) is 0 Å². The summed E-state index contributed by atoms with van der Waals surface area (Å²) in [6, 6.07) is 0. The van der Waals surface area contributed by atoms with Gasteiger partial charge in [-0.05, 0) is 0 Å². The smallest absolute Gasteiger partial charge is 0.343 e. The average molecular weight is 356 g/mol. The zero-order valence-electron chi connectivity index (χ0n) is 13.7. The molecular formula is C18H38Ru. The van der Waals surface area contributed by atoms with E-state index in [0.717, 1.165) is 12.8 Å². The van der Waals surface area contributed by atoms with Crippen LogP contribution >= 0.6 is 0 Å². The Hall–Kier alpha value is 0.623. The van der Waals surface area contributed by atoms with E-state index in [9.17, 15) is 0 Å². The van der Waals surface area contributed by atoms with Crippen LogP contribution in [0.3, 0.4) is 0 Å². The van der Waals surface area contributed by atoms with E-state index >= 15 is 0 Å². The quantitative estimate of drug-likeness (QED) is 0.198. The van der Waals surface area contributed by atoms with Gasteiger partial charge in [-0.15, -0.1) is 0 Å². The van der Waals surface area contributed by atoms with Gasteiger partial charge in [0.15, 0.2) is 0 Å². The molecule has 0 aromatic carbocycles. The minimum absolute atomic E-state index is 0. The Morgan fingerprint density at radius 2 is 0.737 bits per heavy atom. The molecule has 0 rings (SSSR count). The van der Waals surface area contributed by atoms with Crippen LogP contribution in [0.25, 0.3) is 0 Å². The van der Waals surface area contributed by atoms with Gasteiger partial charge in [0.1, 0.15) is 0 Å². The first-order valence-corrected chi connectivity index (χ1v) is 8.41. The topological polar surface area (TPSA) is 0 Å². The van der Waals surface area contributed by atoms with Crippen LogP contribution in [0.1, 0.15) is 104 Å². The number of hydrogen-bond acceptors (Lipinski definition) is 0. The molecule has 0 radical (unpaired) electrons. The number of unbranched alkanes of at least 4 members (excludes halogenated alkanes) is 12. The van der Waals surface area contributed by atoms with Crippen LogP contribution in [0.2, 0.25) is 0 Å². The maximum atomic E-state index is 3.80. The van der Waals surface area contributed by atoms with E-state index in [2.05, 4.69) is 27.7 Å². The molecule has 0 aliphatic carbocycles. The van der Waals surface area contributed by atoms with Crippen molar-refractivity contribution in [3.8, 4) is 0 Å². The molecule has 1 heteroatoms. The van der Waals surface area contributed by atoms with Crippen LogP contribution < -0.4 is 0 Å². The fraction of sp³-hybridized carbons (Fsp3) is 0.889. The van der Waals surface area contributed by atoms with Crippen LogP contribution in [0.5, 0.6) is 0 Å². The molecule has 0 fully saturated rings. The third kappa shape index (κ3) is 32.3. The molecule has 0 aromatic rings. The molecule has 0 saturated carbocycles. The van der Waals surface area contributed by atoms with Gasteiger partial charge in [-0.3, -0.25) is 0 Å². The van der Waals surface area contributed by atoms with Crippen molar-refractivity contribution in [2.45, 2.75) is 104 Å². The molecule has 118 valence electrons. The Balaban J connectivity index is -0.000000256. The van der Waals surface area contributed by atoms with Gasteiger partial charge in [-0.25, -0.2) is 0 Å². The second-order valence-corrected chi connectivity index (χ2v) is 5.24. The Morgan fingerprint density at radius 3 is 1.00 bits per heavy atom. The third-order valence-electron chi connectivity index (χ3n) is 3.21. The molecule has 0 amide bonds. The average Bonchev–Trinajstić information content (AvgIpc) is 2.39. The zero-order chi connectivity index (χ0) is 13.9. The van der Waals surface area contributed by atoms with Gasteiger partial charge in [0.25, 0.3) is 0 Å². The molecule has 0 aromatic heterocycles. The van der Waals surface area contributed by atoms with E-state index in [-0.39, 0.29) is 19.5 Å². The molecule has 0 aliphatic rings. The fourth-order valence-corrected chi connectivity index (χ4v) is 1.91. The van der Waals surface area contributed by atoms with Crippen molar-refractivity contribution in [3.63, 3.8) is 0 Å². The van der Waals surface area contributed by atoms with Crippen LogP contribution in [0, 0.1) is 13.8 Å². The van der Waals surface area contributed by atoms with Gasteiger partial charge in [0, 0.05) is 0 Å². The molecule has 0 unspecified atom stereocenters. The summed E-state index contributed by atoms with van der Waals surface area (Å²) < 4.78 is 0. The van der Waals surface area contributed by atoms with Crippen molar-refractivity contribution in [1.82, 2.24) is 0 Å². The van der Waals surface area contributed by atoms with E-state index < -0.39 is 0 Å². The van der Waals surface area contributed by atoms with E-state index in [1.807, 2.05) is 0 Å². The van der Waals surface area contributed by atoms with E-state index in [0.29, 0.717) is 0 Å². The predicted molar refractivity (Wildman–Crippen MR) is 86.7 cm³/mol. The summed E-state index contributed by atoms with van der Waals surface area (Å²) in [5.41, 5.74) is 0. The monoisotopic (exact) mass is 356 g/mol. The van der Waals surface area contributed by atoms with E-state index in [1.54, 1.807) is 0 Å². The summed E-state index contributed by atoms with van der Waals surface area (Å²) in [4.78, 5) is 0. The van der Waals surface area contributed by atoms with Crippen molar-refractivity contribution < 1.29 is 19.5 Å². The standard InChI is InChI=1S/2C9H19.Ru/c2*1-3-5-7-9-8-6-4-2;/h2*1,3-9H2,2H3;/q2*-1;+2. The molecule has 0 aliphatic heterocycles. The van der Waals surface area contributed by atoms with Gasteiger partial charge in [0.2, 0.25) is 0 Å².